The lowest BCUT2D eigenvalue weighted by Crippen LogP contribution is -2.35. The Morgan fingerprint density at radius 1 is 1.35 bits per heavy atom. The molecule has 1 aliphatic rings. The average molecular weight is 267 g/mol. The Hall–Kier alpha value is -1.95. The van der Waals surface area contributed by atoms with Crippen LogP contribution in [0.15, 0.2) is 24.3 Å². The molecule has 104 valence electrons. The molecular weight excluding hydrogens is 246 g/mol. The number of aromatic amines is 1. The van der Waals surface area contributed by atoms with Crippen molar-refractivity contribution in [3.63, 3.8) is 0 Å². The van der Waals surface area contributed by atoms with Crippen LogP contribution in [0.2, 0.25) is 0 Å². The summed E-state index contributed by atoms with van der Waals surface area (Å²) in [5.74, 6) is 1.67. The lowest BCUT2D eigenvalue weighted by Gasteiger charge is -2.40. The van der Waals surface area contributed by atoms with Gasteiger partial charge in [-0.05, 0) is 30.2 Å². The van der Waals surface area contributed by atoms with Crippen molar-refractivity contribution < 1.29 is 0 Å². The Morgan fingerprint density at radius 3 is 2.75 bits per heavy atom. The van der Waals surface area contributed by atoms with Crippen LogP contribution in [-0.4, -0.2) is 11.5 Å². The summed E-state index contributed by atoms with van der Waals surface area (Å²) >= 11 is 0. The summed E-state index contributed by atoms with van der Waals surface area (Å²) < 4.78 is 0. The van der Waals surface area contributed by atoms with Gasteiger partial charge in [0.25, 0.3) is 0 Å². The molecule has 0 radical (unpaired) electrons. The molecule has 0 saturated heterocycles. The van der Waals surface area contributed by atoms with E-state index in [1.54, 1.807) is 0 Å². The van der Waals surface area contributed by atoms with Crippen molar-refractivity contribution in [2.24, 2.45) is 11.3 Å². The highest BCUT2D eigenvalue weighted by Gasteiger charge is 2.33. The molecule has 1 heterocycles. The quantitative estimate of drug-likeness (QED) is 0.868. The molecule has 1 aliphatic carbocycles. The van der Waals surface area contributed by atoms with Gasteiger partial charge in [0, 0.05) is 17.4 Å². The largest absolute Gasteiger partial charge is 0.370 e. The van der Waals surface area contributed by atoms with Gasteiger partial charge in [0.15, 0.2) is 0 Å². The normalized spacial score (nSPS) is 15.8. The molecule has 0 atom stereocenters. The predicted molar refractivity (Wildman–Crippen MR) is 82.6 cm³/mol. The van der Waals surface area contributed by atoms with Crippen LogP contribution >= 0.6 is 0 Å². The van der Waals surface area contributed by atoms with Crippen molar-refractivity contribution in [2.45, 2.75) is 33.1 Å². The van der Waals surface area contributed by atoms with Gasteiger partial charge < -0.3 is 10.3 Å². The van der Waals surface area contributed by atoms with E-state index in [9.17, 15) is 5.26 Å². The van der Waals surface area contributed by atoms with Gasteiger partial charge in [-0.15, -0.1) is 0 Å². The maximum absolute atomic E-state index is 9.39. The minimum Gasteiger partial charge on any atom is -0.370 e. The Kier molecular flexibility index (Phi) is 3.17. The summed E-state index contributed by atoms with van der Waals surface area (Å²) in [5.41, 5.74) is 2.03. The third-order valence-corrected chi connectivity index (χ3v) is 4.75. The summed E-state index contributed by atoms with van der Waals surface area (Å²) in [6.07, 6.45) is 4.04. The number of hydrogen-bond acceptors (Lipinski definition) is 2. The molecule has 3 nitrogen and oxygen atoms in total. The average Bonchev–Trinajstić information content (AvgIpc) is 2.71. The van der Waals surface area contributed by atoms with Crippen molar-refractivity contribution in [1.29, 1.82) is 5.26 Å². The molecule has 0 amide bonds. The Labute approximate surface area is 120 Å². The van der Waals surface area contributed by atoms with Gasteiger partial charge in [-0.3, -0.25) is 0 Å². The number of para-hydroxylation sites is 1. The van der Waals surface area contributed by atoms with Gasteiger partial charge in [-0.25, -0.2) is 0 Å². The molecule has 1 aromatic carbocycles. The highest BCUT2D eigenvalue weighted by molar-refractivity contribution is 5.91. The van der Waals surface area contributed by atoms with E-state index in [0.717, 1.165) is 34.7 Å². The molecule has 0 bridgehead atoms. The Balaban J connectivity index is 1.82. The van der Waals surface area contributed by atoms with Crippen LogP contribution in [0.3, 0.4) is 0 Å². The van der Waals surface area contributed by atoms with E-state index in [-0.39, 0.29) is 5.41 Å². The van der Waals surface area contributed by atoms with Crippen molar-refractivity contribution >= 4 is 16.7 Å². The van der Waals surface area contributed by atoms with Crippen LogP contribution in [0.25, 0.3) is 10.9 Å². The Morgan fingerprint density at radius 2 is 2.10 bits per heavy atom. The van der Waals surface area contributed by atoms with Gasteiger partial charge in [0.2, 0.25) is 0 Å². The second-order valence-corrected chi connectivity index (χ2v) is 6.50. The summed E-state index contributed by atoms with van der Waals surface area (Å²) in [6.45, 7) is 5.54. The molecule has 2 aromatic rings. The third kappa shape index (κ3) is 2.16. The number of nitrogens with zero attached hydrogens (tertiary/aromatic N) is 1. The van der Waals surface area contributed by atoms with Crippen molar-refractivity contribution in [3.05, 3.63) is 29.8 Å². The number of aromatic nitrogens is 1. The van der Waals surface area contributed by atoms with Crippen LogP contribution in [0.1, 0.15) is 38.7 Å². The summed E-state index contributed by atoms with van der Waals surface area (Å²) in [7, 11) is 0. The number of nitrogens with one attached hydrogen (secondary N) is 2. The fourth-order valence-corrected chi connectivity index (χ4v) is 3.04. The van der Waals surface area contributed by atoms with Gasteiger partial charge in [-0.1, -0.05) is 38.5 Å². The highest BCUT2D eigenvalue weighted by Crippen LogP contribution is 2.41. The standard InChI is InChI=1S/C17H21N3/c1-17(2,12-6-5-7-12)11-19-16-14(10-18)13-8-3-4-9-15(13)20-16/h3-4,8-9,12,19-20H,5-7,11H2,1-2H3. The molecular formula is C17H21N3. The molecule has 3 rings (SSSR count). The minimum absolute atomic E-state index is 0.280. The van der Waals surface area contributed by atoms with Crippen LogP contribution in [0.5, 0.6) is 0 Å². The smallest absolute Gasteiger partial charge is 0.122 e. The lowest BCUT2D eigenvalue weighted by atomic mass is 9.67. The summed E-state index contributed by atoms with van der Waals surface area (Å²) in [4.78, 5) is 3.33. The van der Waals surface area contributed by atoms with E-state index in [2.05, 4.69) is 30.2 Å². The van der Waals surface area contributed by atoms with Crippen LogP contribution in [0.4, 0.5) is 5.82 Å². The number of fused-ring (bicyclic) bond motifs is 1. The first-order valence-electron chi connectivity index (χ1n) is 7.36. The zero-order valence-electron chi connectivity index (χ0n) is 12.2. The van der Waals surface area contributed by atoms with Crippen molar-refractivity contribution in [2.75, 3.05) is 11.9 Å². The fourth-order valence-electron chi connectivity index (χ4n) is 3.04. The minimum atomic E-state index is 0.280. The predicted octanol–water partition coefficient (Wildman–Crippen LogP) is 4.28. The first kappa shape index (κ1) is 13.1. The van der Waals surface area contributed by atoms with Crippen LogP contribution in [-0.2, 0) is 0 Å². The first-order chi connectivity index (χ1) is 9.62. The maximum Gasteiger partial charge on any atom is 0.122 e. The molecule has 1 fully saturated rings. The first-order valence-corrected chi connectivity index (χ1v) is 7.36. The zero-order chi connectivity index (χ0) is 14.2. The number of anilines is 1. The van der Waals surface area contributed by atoms with E-state index in [1.165, 1.54) is 19.3 Å². The lowest BCUT2D eigenvalue weighted by molar-refractivity contribution is 0.134. The maximum atomic E-state index is 9.39. The fraction of sp³-hybridized carbons (Fsp3) is 0.471. The van der Waals surface area contributed by atoms with Gasteiger partial charge in [-0.2, -0.15) is 5.26 Å². The van der Waals surface area contributed by atoms with Crippen LogP contribution < -0.4 is 5.32 Å². The van der Waals surface area contributed by atoms with E-state index < -0.39 is 0 Å². The molecule has 20 heavy (non-hydrogen) atoms. The number of hydrogen-bond donors (Lipinski definition) is 2. The van der Waals surface area contributed by atoms with Gasteiger partial charge in [0.1, 0.15) is 17.5 Å². The second-order valence-electron chi connectivity index (χ2n) is 6.50. The topological polar surface area (TPSA) is 51.6 Å². The Bertz CT molecular complexity index is 656. The molecule has 0 unspecified atom stereocenters. The number of rotatable bonds is 4. The van der Waals surface area contributed by atoms with Gasteiger partial charge in [0.05, 0.1) is 0 Å². The van der Waals surface area contributed by atoms with Crippen molar-refractivity contribution in [1.82, 2.24) is 4.98 Å². The zero-order valence-corrected chi connectivity index (χ0v) is 12.2. The SMILES string of the molecule is CC(C)(CNc1[nH]c2ccccc2c1C#N)C1CCC1. The molecule has 0 aliphatic heterocycles. The molecule has 1 aromatic heterocycles. The molecule has 0 spiro atoms. The van der Waals surface area contributed by atoms with E-state index in [1.807, 2.05) is 24.3 Å². The summed E-state index contributed by atoms with van der Waals surface area (Å²) in [6, 6.07) is 10.3. The number of nitriles is 1. The third-order valence-electron chi connectivity index (χ3n) is 4.75. The molecule has 3 heteroatoms. The summed E-state index contributed by atoms with van der Waals surface area (Å²) in [5, 5.41) is 13.9. The monoisotopic (exact) mass is 267 g/mol. The van der Waals surface area contributed by atoms with Crippen LogP contribution in [0, 0.1) is 22.7 Å². The molecule has 1 saturated carbocycles. The van der Waals surface area contributed by atoms with Gasteiger partial charge >= 0.3 is 0 Å². The van der Waals surface area contributed by atoms with Crippen molar-refractivity contribution in [3.8, 4) is 6.07 Å². The van der Waals surface area contributed by atoms with E-state index in [0.29, 0.717) is 0 Å². The molecule has 2 N–H and O–H groups in total. The van der Waals surface area contributed by atoms with E-state index in [4.69, 9.17) is 0 Å². The second kappa shape index (κ2) is 4.86. The number of benzene rings is 1. The van der Waals surface area contributed by atoms with E-state index >= 15 is 0 Å². The highest BCUT2D eigenvalue weighted by atomic mass is 15.0. The number of H-pyrrole nitrogens is 1.